The standard InChI is InChI=1S/C14H22N4/c1-14(2)10-18(9-13-15-6-3-7-16-13)12(8-17-14)11-4-5-11/h3,6-7,11-12,17H,4-5,8-10H2,1-2H3. The Hall–Kier alpha value is -1.00. The minimum absolute atomic E-state index is 0.195. The summed E-state index contributed by atoms with van der Waals surface area (Å²) in [5, 5.41) is 3.66. The van der Waals surface area contributed by atoms with Gasteiger partial charge in [0.2, 0.25) is 0 Å². The summed E-state index contributed by atoms with van der Waals surface area (Å²) in [6, 6.07) is 2.55. The van der Waals surface area contributed by atoms with Gasteiger partial charge >= 0.3 is 0 Å². The maximum Gasteiger partial charge on any atom is 0.142 e. The fourth-order valence-corrected chi connectivity index (χ4v) is 2.90. The third-order valence-electron chi connectivity index (χ3n) is 3.99. The first-order chi connectivity index (χ1) is 8.64. The van der Waals surface area contributed by atoms with E-state index in [9.17, 15) is 0 Å². The highest BCUT2D eigenvalue weighted by atomic mass is 15.3. The summed E-state index contributed by atoms with van der Waals surface area (Å²) in [4.78, 5) is 11.3. The zero-order valence-electron chi connectivity index (χ0n) is 11.3. The second-order valence-electron chi connectivity index (χ2n) is 6.24. The van der Waals surface area contributed by atoms with E-state index >= 15 is 0 Å². The Balaban J connectivity index is 1.73. The Kier molecular flexibility index (Phi) is 3.08. The molecule has 1 saturated heterocycles. The molecule has 0 radical (unpaired) electrons. The van der Waals surface area contributed by atoms with E-state index < -0.39 is 0 Å². The van der Waals surface area contributed by atoms with Crippen LogP contribution in [0.1, 0.15) is 32.5 Å². The van der Waals surface area contributed by atoms with Gasteiger partial charge in [-0.2, -0.15) is 0 Å². The Morgan fingerprint density at radius 1 is 1.33 bits per heavy atom. The number of hydrogen-bond acceptors (Lipinski definition) is 4. The van der Waals surface area contributed by atoms with Gasteiger partial charge in [-0.25, -0.2) is 9.97 Å². The van der Waals surface area contributed by atoms with Gasteiger partial charge < -0.3 is 5.32 Å². The van der Waals surface area contributed by atoms with E-state index in [1.165, 1.54) is 12.8 Å². The normalized spacial score (nSPS) is 28.2. The zero-order valence-corrected chi connectivity index (χ0v) is 11.3. The van der Waals surface area contributed by atoms with Crippen molar-refractivity contribution in [1.82, 2.24) is 20.2 Å². The summed E-state index contributed by atoms with van der Waals surface area (Å²) < 4.78 is 0. The molecule has 0 spiro atoms. The third-order valence-corrected chi connectivity index (χ3v) is 3.99. The van der Waals surface area contributed by atoms with Crippen LogP contribution in [0.15, 0.2) is 18.5 Å². The van der Waals surface area contributed by atoms with E-state index in [0.29, 0.717) is 6.04 Å². The van der Waals surface area contributed by atoms with Crippen LogP contribution in [0, 0.1) is 5.92 Å². The van der Waals surface area contributed by atoms with Crippen LogP contribution < -0.4 is 5.32 Å². The highest BCUT2D eigenvalue weighted by Gasteiger charge is 2.40. The van der Waals surface area contributed by atoms with Crippen molar-refractivity contribution < 1.29 is 0 Å². The molecule has 0 bridgehead atoms. The van der Waals surface area contributed by atoms with E-state index in [1.807, 2.05) is 18.5 Å². The number of nitrogens with one attached hydrogen (secondary N) is 1. The van der Waals surface area contributed by atoms with E-state index in [2.05, 4.69) is 34.0 Å². The maximum absolute atomic E-state index is 4.36. The summed E-state index contributed by atoms with van der Waals surface area (Å²) >= 11 is 0. The van der Waals surface area contributed by atoms with Crippen molar-refractivity contribution in [2.24, 2.45) is 5.92 Å². The zero-order chi connectivity index (χ0) is 12.6. The smallest absolute Gasteiger partial charge is 0.142 e. The van der Waals surface area contributed by atoms with Crippen LogP contribution in [0.2, 0.25) is 0 Å². The second-order valence-corrected chi connectivity index (χ2v) is 6.24. The molecule has 0 aromatic carbocycles. The first kappa shape index (κ1) is 12.1. The van der Waals surface area contributed by atoms with Gasteiger partial charge in [0.15, 0.2) is 0 Å². The van der Waals surface area contributed by atoms with Gasteiger partial charge in [-0.15, -0.1) is 0 Å². The van der Waals surface area contributed by atoms with Crippen molar-refractivity contribution in [3.05, 3.63) is 24.3 Å². The number of hydrogen-bond donors (Lipinski definition) is 1. The predicted molar refractivity (Wildman–Crippen MR) is 71.0 cm³/mol. The van der Waals surface area contributed by atoms with Crippen molar-refractivity contribution in [3.8, 4) is 0 Å². The lowest BCUT2D eigenvalue weighted by Gasteiger charge is -2.44. The average Bonchev–Trinajstić information content (AvgIpc) is 3.13. The molecule has 1 aliphatic heterocycles. The summed E-state index contributed by atoms with van der Waals surface area (Å²) in [6.45, 7) is 7.61. The van der Waals surface area contributed by atoms with E-state index in [4.69, 9.17) is 0 Å². The molecule has 1 aromatic rings. The lowest BCUT2D eigenvalue weighted by molar-refractivity contribution is 0.0736. The number of piperazine rings is 1. The summed E-state index contributed by atoms with van der Waals surface area (Å²) in [5.74, 6) is 1.83. The highest BCUT2D eigenvalue weighted by molar-refractivity contribution is 5.00. The largest absolute Gasteiger partial charge is 0.309 e. The SMILES string of the molecule is CC1(C)CN(Cc2ncccn2)C(C2CC2)CN1. The minimum Gasteiger partial charge on any atom is -0.309 e. The molecule has 3 rings (SSSR count). The number of rotatable bonds is 3. The van der Waals surface area contributed by atoms with Crippen LogP contribution in [0.5, 0.6) is 0 Å². The maximum atomic E-state index is 4.36. The lowest BCUT2D eigenvalue weighted by atomic mass is 9.96. The highest BCUT2D eigenvalue weighted by Crippen LogP contribution is 2.37. The number of nitrogens with zero attached hydrogens (tertiary/aromatic N) is 3. The second kappa shape index (κ2) is 4.59. The molecule has 4 nitrogen and oxygen atoms in total. The van der Waals surface area contributed by atoms with Crippen LogP contribution in [0.4, 0.5) is 0 Å². The van der Waals surface area contributed by atoms with Crippen molar-refractivity contribution in [3.63, 3.8) is 0 Å². The van der Waals surface area contributed by atoms with Crippen molar-refractivity contribution in [1.29, 1.82) is 0 Å². The molecular weight excluding hydrogens is 224 g/mol. The van der Waals surface area contributed by atoms with Gasteiger partial charge in [-0.05, 0) is 38.7 Å². The van der Waals surface area contributed by atoms with Crippen LogP contribution in [-0.4, -0.2) is 39.5 Å². The molecular formula is C14H22N4. The molecule has 1 N–H and O–H groups in total. The molecule has 0 amide bonds. The first-order valence-electron chi connectivity index (χ1n) is 6.89. The van der Waals surface area contributed by atoms with Crippen molar-refractivity contribution in [2.75, 3.05) is 13.1 Å². The molecule has 1 saturated carbocycles. The molecule has 2 fully saturated rings. The van der Waals surface area contributed by atoms with Gasteiger partial charge in [-0.1, -0.05) is 0 Å². The van der Waals surface area contributed by atoms with E-state index in [-0.39, 0.29) is 5.54 Å². The Labute approximate surface area is 109 Å². The summed E-state index contributed by atoms with van der Waals surface area (Å²) in [7, 11) is 0. The van der Waals surface area contributed by atoms with Gasteiger partial charge in [0.1, 0.15) is 5.82 Å². The van der Waals surface area contributed by atoms with Gasteiger partial charge in [0.25, 0.3) is 0 Å². The topological polar surface area (TPSA) is 41.1 Å². The molecule has 2 heterocycles. The monoisotopic (exact) mass is 246 g/mol. The molecule has 18 heavy (non-hydrogen) atoms. The van der Waals surface area contributed by atoms with Crippen molar-refractivity contribution in [2.45, 2.75) is 44.8 Å². The van der Waals surface area contributed by atoms with Gasteiger partial charge in [0.05, 0.1) is 6.54 Å². The summed E-state index contributed by atoms with van der Waals surface area (Å²) in [5.41, 5.74) is 0.195. The number of aromatic nitrogens is 2. The summed E-state index contributed by atoms with van der Waals surface area (Å²) in [6.07, 6.45) is 6.45. The van der Waals surface area contributed by atoms with Crippen LogP contribution in [-0.2, 0) is 6.54 Å². The third kappa shape index (κ3) is 2.70. The Bertz CT molecular complexity index is 400. The minimum atomic E-state index is 0.195. The molecule has 1 unspecified atom stereocenters. The average molecular weight is 246 g/mol. The fourth-order valence-electron chi connectivity index (χ4n) is 2.90. The first-order valence-corrected chi connectivity index (χ1v) is 6.89. The predicted octanol–water partition coefficient (Wildman–Crippen LogP) is 1.44. The molecule has 1 aliphatic carbocycles. The van der Waals surface area contributed by atoms with E-state index in [1.54, 1.807) is 0 Å². The van der Waals surface area contributed by atoms with Gasteiger partial charge in [0, 0.05) is 37.1 Å². The molecule has 1 aromatic heterocycles. The molecule has 98 valence electrons. The van der Waals surface area contributed by atoms with Crippen LogP contribution in [0.25, 0.3) is 0 Å². The lowest BCUT2D eigenvalue weighted by Crippen LogP contribution is -2.61. The van der Waals surface area contributed by atoms with Crippen molar-refractivity contribution >= 4 is 0 Å². The Morgan fingerprint density at radius 2 is 2.06 bits per heavy atom. The Morgan fingerprint density at radius 3 is 2.72 bits per heavy atom. The quantitative estimate of drug-likeness (QED) is 0.876. The fraction of sp³-hybridized carbons (Fsp3) is 0.714. The van der Waals surface area contributed by atoms with Crippen LogP contribution in [0.3, 0.4) is 0 Å². The molecule has 2 aliphatic rings. The van der Waals surface area contributed by atoms with E-state index in [0.717, 1.165) is 31.4 Å². The van der Waals surface area contributed by atoms with Crippen LogP contribution >= 0.6 is 0 Å². The molecule has 1 atom stereocenters. The molecule has 4 heteroatoms. The van der Waals surface area contributed by atoms with Gasteiger partial charge in [-0.3, -0.25) is 4.90 Å².